The van der Waals surface area contributed by atoms with E-state index in [1.807, 2.05) is 6.07 Å². The molecule has 0 spiro atoms. The van der Waals surface area contributed by atoms with E-state index in [0.717, 1.165) is 12.1 Å². The minimum absolute atomic E-state index is 0.193. The predicted molar refractivity (Wildman–Crippen MR) is 108 cm³/mol. The number of benzene rings is 2. The standard InChI is InChI=1S/C22H22FN3O4/c1-13(2)19(26-21(28)16-7-9-17(23)10-8-16)22(29)30-14(3)20(27)25-18-6-4-5-15(11-18)12-24/h4-11,13-14,19H,1-3H3,(H,25,27)(H,26,28)/t14-,19+/m1/s1. The van der Waals surface area contributed by atoms with E-state index >= 15 is 0 Å². The molecule has 2 N–H and O–H groups in total. The van der Waals surface area contributed by atoms with Crippen molar-refractivity contribution in [3.8, 4) is 6.07 Å². The van der Waals surface area contributed by atoms with Crippen molar-refractivity contribution in [3.63, 3.8) is 0 Å². The summed E-state index contributed by atoms with van der Waals surface area (Å²) in [6.07, 6.45) is -1.13. The summed E-state index contributed by atoms with van der Waals surface area (Å²) < 4.78 is 18.3. The first-order valence-corrected chi connectivity index (χ1v) is 9.29. The third kappa shape index (κ3) is 6.14. The molecule has 2 aromatic carbocycles. The highest BCUT2D eigenvalue weighted by Gasteiger charge is 2.29. The average molecular weight is 411 g/mol. The van der Waals surface area contributed by atoms with Crippen molar-refractivity contribution in [2.45, 2.75) is 32.9 Å². The van der Waals surface area contributed by atoms with Gasteiger partial charge in [0.1, 0.15) is 11.9 Å². The Hall–Kier alpha value is -3.73. The van der Waals surface area contributed by atoms with E-state index in [1.165, 1.54) is 25.1 Å². The molecule has 0 aliphatic carbocycles. The SMILES string of the molecule is CC(C)[C@H](NC(=O)c1ccc(F)cc1)C(=O)O[C@H](C)C(=O)Nc1cccc(C#N)c1. The molecule has 0 aromatic heterocycles. The minimum Gasteiger partial charge on any atom is -0.451 e. The lowest BCUT2D eigenvalue weighted by Crippen LogP contribution is -2.47. The molecule has 0 aliphatic rings. The third-order valence-electron chi connectivity index (χ3n) is 4.23. The Balaban J connectivity index is 2.00. The highest BCUT2D eigenvalue weighted by atomic mass is 19.1. The number of nitrogens with one attached hydrogen (secondary N) is 2. The zero-order valence-electron chi connectivity index (χ0n) is 16.8. The van der Waals surface area contributed by atoms with Crippen molar-refractivity contribution < 1.29 is 23.5 Å². The smallest absolute Gasteiger partial charge is 0.329 e. The molecule has 0 aliphatic heterocycles. The second kappa shape index (κ2) is 10.2. The minimum atomic E-state index is -1.13. The Morgan fingerprint density at radius 1 is 1.07 bits per heavy atom. The first-order valence-electron chi connectivity index (χ1n) is 9.29. The van der Waals surface area contributed by atoms with Crippen LogP contribution in [0.3, 0.4) is 0 Å². The Morgan fingerprint density at radius 3 is 2.33 bits per heavy atom. The molecular formula is C22H22FN3O4. The van der Waals surface area contributed by atoms with Gasteiger partial charge in [-0.1, -0.05) is 19.9 Å². The molecule has 156 valence electrons. The first-order chi connectivity index (χ1) is 14.2. The fourth-order valence-corrected chi connectivity index (χ4v) is 2.54. The van der Waals surface area contributed by atoms with Gasteiger partial charge in [-0.05, 0) is 55.3 Å². The largest absolute Gasteiger partial charge is 0.451 e. The molecule has 0 heterocycles. The van der Waals surface area contributed by atoms with Gasteiger partial charge in [-0.3, -0.25) is 9.59 Å². The van der Waals surface area contributed by atoms with Crippen molar-refractivity contribution in [2.75, 3.05) is 5.32 Å². The highest BCUT2D eigenvalue weighted by molar-refractivity contribution is 5.98. The molecule has 0 saturated carbocycles. The molecule has 0 saturated heterocycles. The third-order valence-corrected chi connectivity index (χ3v) is 4.23. The first kappa shape index (κ1) is 22.6. The average Bonchev–Trinajstić information content (AvgIpc) is 2.72. The summed E-state index contributed by atoms with van der Waals surface area (Å²) in [7, 11) is 0. The van der Waals surface area contributed by atoms with Crippen LogP contribution < -0.4 is 10.6 Å². The molecule has 8 heteroatoms. The second-order valence-electron chi connectivity index (χ2n) is 6.96. The zero-order valence-corrected chi connectivity index (χ0v) is 16.8. The summed E-state index contributed by atoms with van der Waals surface area (Å²) in [4.78, 5) is 37.2. The van der Waals surface area contributed by atoms with E-state index < -0.39 is 35.7 Å². The molecule has 2 aromatic rings. The summed E-state index contributed by atoms with van der Waals surface area (Å²) in [5, 5.41) is 14.0. The number of carbonyl (C=O) groups excluding carboxylic acids is 3. The summed E-state index contributed by atoms with van der Waals surface area (Å²) in [5.74, 6) is -2.70. The van der Waals surface area contributed by atoms with Crippen LogP contribution in [0.15, 0.2) is 48.5 Å². The lowest BCUT2D eigenvalue weighted by Gasteiger charge is -2.23. The van der Waals surface area contributed by atoms with Gasteiger partial charge in [-0.25, -0.2) is 9.18 Å². The van der Waals surface area contributed by atoms with Gasteiger partial charge in [0, 0.05) is 11.3 Å². The second-order valence-corrected chi connectivity index (χ2v) is 6.96. The monoisotopic (exact) mass is 411 g/mol. The topological polar surface area (TPSA) is 108 Å². The number of esters is 1. The lowest BCUT2D eigenvalue weighted by atomic mass is 10.0. The molecular weight excluding hydrogens is 389 g/mol. The summed E-state index contributed by atoms with van der Waals surface area (Å²) in [6.45, 7) is 4.84. The van der Waals surface area contributed by atoms with Crippen LogP contribution in [0, 0.1) is 23.1 Å². The van der Waals surface area contributed by atoms with Gasteiger partial charge in [-0.15, -0.1) is 0 Å². The number of nitriles is 1. The van der Waals surface area contributed by atoms with Gasteiger partial charge in [0.25, 0.3) is 11.8 Å². The van der Waals surface area contributed by atoms with Crippen LogP contribution in [0.4, 0.5) is 10.1 Å². The molecule has 0 radical (unpaired) electrons. The fraction of sp³-hybridized carbons (Fsp3) is 0.273. The van der Waals surface area contributed by atoms with E-state index in [-0.39, 0.29) is 11.5 Å². The maximum atomic E-state index is 13.0. The van der Waals surface area contributed by atoms with E-state index in [4.69, 9.17) is 10.00 Å². The van der Waals surface area contributed by atoms with Gasteiger partial charge in [0.05, 0.1) is 11.6 Å². The summed E-state index contributed by atoms with van der Waals surface area (Å²) >= 11 is 0. The van der Waals surface area contributed by atoms with Crippen molar-refractivity contribution >= 4 is 23.5 Å². The number of anilines is 1. The Labute approximate surface area is 173 Å². The molecule has 30 heavy (non-hydrogen) atoms. The molecule has 2 rings (SSSR count). The Kier molecular flexibility index (Phi) is 7.64. The Morgan fingerprint density at radius 2 is 1.73 bits per heavy atom. The van der Waals surface area contributed by atoms with Crippen LogP contribution >= 0.6 is 0 Å². The van der Waals surface area contributed by atoms with Crippen LogP contribution in [-0.4, -0.2) is 29.9 Å². The van der Waals surface area contributed by atoms with Crippen LogP contribution in [0.25, 0.3) is 0 Å². The number of rotatable bonds is 7. The summed E-state index contributed by atoms with van der Waals surface area (Å²) in [5.41, 5.74) is 0.964. The molecule has 0 bridgehead atoms. The molecule has 2 amide bonds. The lowest BCUT2D eigenvalue weighted by molar-refractivity contribution is -0.156. The van der Waals surface area contributed by atoms with E-state index in [0.29, 0.717) is 11.3 Å². The van der Waals surface area contributed by atoms with Gasteiger partial charge in [0.2, 0.25) is 0 Å². The van der Waals surface area contributed by atoms with Crippen molar-refractivity contribution in [1.29, 1.82) is 5.26 Å². The van der Waals surface area contributed by atoms with Gasteiger partial charge in [-0.2, -0.15) is 5.26 Å². The molecule has 0 unspecified atom stereocenters. The predicted octanol–water partition coefficient (Wildman–Crippen LogP) is 3.02. The Bertz CT molecular complexity index is 967. The molecule has 7 nitrogen and oxygen atoms in total. The number of nitrogens with zero attached hydrogens (tertiary/aromatic N) is 1. The van der Waals surface area contributed by atoms with E-state index in [9.17, 15) is 18.8 Å². The van der Waals surface area contributed by atoms with Crippen LogP contribution in [0.2, 0.25) is 0 Å². The number of halogens is 1. The van der Waals surface area contributed by atoms with Crippen LogP contribution in [0.1, 0.15) is 36.7 Å². The summed E-state index contributed by atoms with van der Waals surface area (Å²) in [6, 6.07) is 12.2. The number of hydrogen-bond donors (Lipinski definition) is 2. The molecule has 0 fully saturated rings. The number of carbonyl (C=O) groups is 3. The maximum absolute atomic E-state index is 13.0. The maximum Gasteiger partial charge on any atom is 0.329 e. The number of hydrogen-bond acceptors (Lipinski definition) is 5. The van der Waals surface area contributed by atoms with Crippen LogP contribution in [-0.2, 0) is 14.3 Å². The fourth-order valence-electron chi connectivity index (χ4n) is 2.54. The highest BCUT2D eigenvalue weighted by Crippen LogP contribution is 2.12. The van der Waals surface area contributed by atoms with Crippen molar-refractivity contribution in [3.05, 3.63) is 65.5 Å². The molecule has 2 atom stereocenters. The van der Waals surface area contributed by atoms with Gasteiger partial charge >= 0.3 is 5.97 Å². The van der Waals surface area contributed by atoms with E-state index in [2.05, 4.69) is 10.6 Å². The van der Waals surface area contributed by atoms with Crippen molar-refractivity contribution in [1.82, 2.24) is 5.32 Å². The quantitative estimate of drug-likeness (QED) is 0.681. The van der Waals surface area contributed by atoms with Crippen molar-refractivity contribution in [2.24, 2.45) is 5.92 Å². The van der Waals surface area contributed by atoms with Crippen LogP contribution in [0.5, 0.6) is 0 Å². The van der Waals surface area contributed by atoms with Gasteiger partial charge < -0.3 is 15.4 Å². The van der Waals surface area contributed by atoms with Gasteiger partial charge in [0.15, 0.2) is 6.10 Å². The van der Waals surface area contributed by atoms with E-state index in [1.54, 1.807) is 32.0 Å². The number of amides is 2. The normalized spacial score (nSPS) is 12.4. The number of ether oxygens (including phenoxy) is 1. The zero-order chi connectivity index (χ0) is 22.3.